The zero-order chi connectivity index (χ0) is 15.6. The Kier molecular flexibility index (Phi) is 4.69. The second kappa shape index (κ2) is 6.32. The van der Waals surface area contributed by atoms with Gasteiger partial charge in [0, 0.05) is 23.0 Å². The Morgan fingerprint density at radius 2 is 2.19 bits per heavy atom. The molecule has 6 heteroatoms. The highest BCUT2D eigenvalue weighted by Gasteiger charge is 2.14. The summed E-state index contributed by atoms with van der Waals surface area (Å²) in [5.74, 6) is -1.46. The van der Waals surface area contributed by atoms with Gasteiger partial charge in [-0.2, -0.15) is 0 Å². The standard InChI is InChI=1S/C15H17FN2O2S/c1-8(14-9(2)18-10(3)21-14)17-7-12-6-11(15(19)20)4-5-13(12)16/h4-6,8,17H,7H2,1-3H3,(H,19,20). The van der Waals surface area contributed by atoms with Gasteiger partial charge >= 0.3 is 5.97 Å². The fraction of sp³-hybridized carbons (Fsp3) is 0.333. The molecule has 2 N–H and O–H groups in total. The van der Waals surface area contributed by atoms with E-state index < -0.39 is 11.8 Å². The number of aryl methyl sites for hydroxylation is 2. The maximum Gasteiger partial charge on any atom is 0.335 e. The second-order valence-corrected chi connectivity index (χ2v) is 6.13. The number of carboxylic acid groups (broad SMARTS) is 1. The molecule has 2 rings (SSSR count). The Morgan fingerprint density at radius 1 is 1.48 bits per heavy atom. The molecular weight excluding hydrogens is 291 g/mol. The van der Waals surface area contributed by atoms with E-state index in [0.29, 0.717) is 5.56 Å². The van der Waals surface area contributed by atoms with Crippen molar-refractivity contribution in [2.24, 2.45) is 0 Å². The molecule has 0 spiro atoms. The van der Waals surface area contributed by atoms with E-state index >= 15 is 0 Å². The van der Waals surface area contributed by atoms with E-state index in [1.807, 2.05) is 20.8 Å². The van der Waals surface area contributed by atoms with Gasteiger partial charge in [-0.1, -0.05) is 0 Å². The van der Waals surface area contributed by atoms with Crippen LogP contribution in [0.1, 0.15) is 44.5 Å². The number of hydrogen-bond acceptors (Lipinski definition) is 4. The number of thiazole rings is 1. The summed E-state index contributed by atoms with van der Waals surface area (Å²) in [5.41, 5.74) is 1.41. The first-order valence-corrected chi connectivity index (χ1v) is 7.39. The normalized spacial score (nSPS) is 12.4. The molecule has 1 unspecified atom stereocenters. The van der Waals surface area contributed by atoms with E-state index in [9.17, 15) is 9.18 Å². The second-order valence-electron chi connectivity index (χ2n) is 4.90. The zero-order valence-electron chi connectivity index (χ0n) is 12.1. The molecule has 112 valence electrons. The van der Waals surface area contributed by atoms with Gasteiger partial charge in [-0.25, -0.2) is 14.2 Å². The minimum Gasteiger partial charge on any atom is -0.478 e. The van der Waals surface area contributed by atoms with Crippen molar-refractivity contribution in [3.8, 4) is 0 Å². The topological polar surface area (TPSA) is 62.2 Å². The maximum atomic E-state index is 13.7. The highest BCUT2D eigenvalue weighted by Crippen LogP contribution is 2.24. The number of carboxylic acids is 1. The summed E-state index contributed by atoms with van der Waals surface area (Å²) in [5, 5.41) is 13.2. The van der Waals surface area contributed by atoms with Gasteiger partial charge in [-0.15, -0.1) is 11.3 Å². The molecular formula is C15H17FN2O2S. The van der Waals surface area contributed by atoms with Crippen molar-refractivity contribution in [1.29, 1.82) is 0 Å². The van der Waals surface area contributed by atoms with Crippen LogP contribution in [0.3, 0.4) is 0 Å². The van der Waals surface area contributed by atoms with Gasteiger partial charge in [-0.3, -0.25) is 0 Å². The maximum absolute atomic E-state index is 13.7. The SMILES string of the molecule is Cc1nc(C)c(C(C)NCc2cc(C(=O)O)ccc2F)s1. The zero-order valence-corrected chi connectivity index (χ0v) is 12.9. The van der Waals surface area contributed by atoms with Crippen molar-refractivity contribution < 1.29 is 14.3 Å². The molecule has 0 saturated carbocycles. The number of aromatic nitrogens is 1. The van der Waals surface area contributed by atoms with Gasteiger partial charge in [0.25, 0.3) is 0 Å². The van der Waals surface area contributed by atoms with E-state index in [0.717, 1.165) is 15.6 Å². The number of nitrogens with zero attached hydrogens (tertiary/aromatic N) is 1. The van der Waals surface area contributed by atoms with Crippen LogP contribution >= 0.6 is 11.3 Å². The van der Waals surface area contributed by atoms with Gasteiger partial charge in [0.1, 0.15) is 5.82 Å². The van der Waals surface area contributed by atoms with Gasteiger partial charge in [0.15, 0.2) is 0 Å². The Hall–Kier alpha value is -1.79. The van der Waals surface area contributed by atoms with Crippen molar-refractivity contribution in [3.63, 3.8) is 0 Å². The lowest BCUT2D eigenvalue weighted by atomic mass is 10.1. The molecule has 1 aromatic carbocycles. The van der Waals surface area contributed by atoms with Crippen LogP contribution in [0.15, 0.2) is 18.2 Å². The fourth-order valence-electron chi connectivity index (χ4n) is 2.15. The summed E-state index contributed by atoms with van der Waals surface area (Å²) in [6.45, 7) is 6.15. The van der Waals surface area contributed by atoms with Gasteiger partial charge in [-0.05, 0) is 39.0 Å². The van der Waals surface area contributed by atoms with Crippen LogP contribution in [0.25, 0.3) is 0 Å². The Labute approximate surface area is 126 Å². The van der Waals surface area contributed by atoms with Crippen molar-refractivity contribution >= 4 is 17.3 Å². The molecule has 0 amide bonds. The Balaban J connectivity index is 2.11. The lowest BCUT2D eigenvalue weighted by molar-refractivity contribution is 0.0696. The molecule has 0 radical (unpaired) electrons. The first kappa shape index (κ1) is 15.6. The third kappa shape index (κ3) is 3.65. The highest BCUT2D eigenvalue weighted by molar-refractivity contribution is 7.11. The predicted molar refractivity (Wildman–Crippen MR) is 80.2 cm³/mol. The summed E-state index contributed by atoms with van der Waals surface area (Å²) in [6, 6.07) is 3.85. The lowest BCUT2D eigenvalue weighted by Gasteiger charge is -2.13. The van der Waals surface area contributed by atoms with Crippen molar-refractivity contribution in [1.82, 2.24) is 10.3 Å². The number of carbonyl (C=O) groups is 1. The van der Waals surface area contributed by atoms with Crippen LogP contribution in [-0.2, 0) is 6.54 Å². The van der Waals surface area contributed by atoms with E-state index in [-0.39, 0.29) is 18.2 Å². The third-order valence-electron chi connectivity index (χ3n) is 3.22. The van der Waals surface area contributed by atoms with E-state index in [4.69, 9.17) is 5.11 Å². The predicted octanol–water partition coefficient (Wildman–Crippen LogP) is 3.45. The third-order valence-corrected chi connectivity index (χ3v) is 4.48. The molecule has 0 bridgehead atoms. The van der Waals surface area contributed by atoms with Gasteiger partial charge < -0.3 is 10.4 Å². The fourth-order valence-corrected chi connectivity index (χ4v) is 3.10. The minimum atomic E-state index is -1.06. The minimum absolute atomic E-state index is 0.0316. The van der Waals surface area contributed by atoms with E-state index in [1.54, 1.807) is 11.3 Å². The van der Waals surface area contributed by atoms with E-state index in [1.165, 1.54) is 18.2 Å². The number of benzene rings is 1. The smallest absolute Gasteiger partial charge is 0.335 e. The van der Waals surface area contributed by atoms with Crippen LogP contribution in [0, 0.1) is 19.7 Å². The van der Waals surface area contributed by atoms with Crippen LogP contribution in [0.2, 0.25) is 0 Å². The van der Waals surface area contributed by atoms with Crippen molar-refractivity contribution in [2.75, 3.05) is 0 Å². The molecule has 0 aliphatic heterocycles. The first-order valence-electron chi connectivity index (χ1n) is 6.57. The Bertz CT molecular complexity index is 670. The molecule has 1 heterocycles. The van der Waals surface area contributed by atoms with Gasteiger partial charge in [0.05, 0.1) is 16.3 Å². The summed E-state index contributed by atoms with van der Waals surface area (Å²) in [7, 11) is 0. The average Bonchev–Trinajstić information content (AvgIpc) is 2.76. The molecule has 21 heavy (non-hydrogen) atoms. The number of rotatable bonds is 5. The summed E-state index contributed by atoms with van der Waals surface area (Å²) in [4.78, 5) is 16.4. The average molecular weight is 308 g/mol. The first-order chi connectivity index (χ1) is 9.88. The van der Waals surface area contributed by atoms with Crippen LogP contribution in [0.5, 0.6) is 0 Å². The van der Waals surface area contributed by atoms with E-state index in [2.05, 4.69) is 10.3 Å². The van der Waals surface area contributed by atoms with Crippen molar-refractivity contribution in [3.05, 3.63) is 50.7 Å². The quantitative estimate of drug-likeness (QED) is 0.888. The van der Waals surface area contributed by atoms with Crippen LogP contribution < -0.4 is 5.32 Å². The Morgan fingerprint density at radius 3 is 2.76 bits per heavy atom. The number of nitrogens with one attached hydrogen (secondary N) is 1. The lowest BCUT2D eigenvalue weighted by Crippen LogP contribution is -2.19. The molecule has 0 aliphatic rings. The largest absolute Gasteiger partial charge is 0.478 e. The molecule has 0 fully saturated rings. The number of hydrogen-bond donors (Lipinski definition) is 2. The number of halogens is 1. The highest BCUT2D eigenvalue weighted by atomic mass is 32.1. The monoisotopic (exact) mass is 308 g/mol. The molecule has 0 aliphatic carbocycles. The van der Waals surface area contributed by atoms with Crippen LogP contribution in [-0.4, -0.2) is 16.1 Å². The molecule has 4 nitrogen and oxygen atoms in total. The number of aromatic carboxylic acids is 1. The molecule has 0 saturated heterocycles. The molecule has 1 aromatic heterocycles. The molecule has 2 aromatic rings. The summed E-state index contributed by atoms with van der Waals surface area (Å²) >= 11 is 1.61. The van der Waals surface area contributed by atoms with Gasteiger partial charge in [0.2, 0.25) is 0 Å². The van der Waals surface area contributed by atoms with Crippen LogP contribution in [0.4, 0.5) is 4.39 Å². The molecule has 1 atom stereocenters. The summed E-state index contributed by atoms with van der Waals surface area (Å²) in [6.07, 6.45) is 0. The van der Waals surface area contributed by atoms with Crippen molar-refractivity contribution in [2.45, 2.75) is 33.4 Å². The summed E-state index contributed by atoms with van der Waals surface area (Å²) < 4.78 is 13.7.